The molecule has 0 saturated heterocycles. The highest BCUT2D eigenvalue weighted by Crippen LogP contribution is 2.29. The summed E-state index contributed by atoms with van der Waals surface area (Å²) in [4.78, 5) is 23.9. The van der Waals surface area contributed by atoms with Gasteiger partial charge in [-0.1, -0.05) is 12.1 Å². The van der Waals surface area contributed by atoms with Crippen LogP contribution in [-0.4, -0.2) is 28.2 Å². The minimum absolute atomic E-state index is 0.157. The van der Waals surface area contributed by atoms with Gasteiger partial charge in [-0.3, -0.25) is 4.79 Å². The van der Waals surface area contributed by atoms with Crippen LogP contribution in [0.3, 0.4) is 0 Å². The molecule has 28 heavy (non-hydrogen) atoms. The first-order valence-electron chi connectivity index (χ1n) is 9.32. The summed E-state index contributed by atoms with van der Waals surface area (Å²) in [5, 5.41) is 12.9. The number of benzene rings is 2. The van der Waals surface area contributed by atoms with Crippen LogP contribution < -0.4 is 10.1 Å². The van der Waals surface area contributed by atoms with E-state index in [1.807, 2.05) is 43.5 Å². The molecule has 1 aromatic heterocycles. The number of nitrogens with zero attached hydrogens (tertiary/aromatic N) is 1. The molecule has 6 heteroatoms. The van der Waals surface area contributed by atoms with E-state index in [1.54, 1.807) is 12.1 Å². The molecular formula is C22H24N2O4. The first-order chi connectivity index (χ1) is 13.5. The number of carbonyl (C=O) groups excluding carboxylic acids is 1. The summed E-state index contributed by atoms with van der Waals surface area (Å²) in [5.41, 5.74) is 3.61. The third-order valence-electron chi connectivity index (χ3n) is 4.78. The van der Waals surface area contributed by atoms with Gasteiger partial charge in [0, 0.05) is 24.0 Å². The van der Waals surface area contributed by atoms with Crippen LogP contribution in [0.25, 0.3) is 10.9 Å². The largest absolute Gasteiger partial charge is 0.494 e. The molecule has 0 aliphatic rings. The summed E-state index contributed by atoms with van der Waals surface area (Å²) in [6.45, 7) is 7.49. The molecule has 3 rings (SSSR count). The van der Waals surface area contributed by atoms with Crippen LogP contribution in [0, 0.1) is 6.92 Å². The molecule has 2 N–H and O–H groups in total. The van der Waals surface area contributed by atoms with Gasteiger partial charge < -0.3 is 19.7 Å². The van der Waals surface area contributed by atoms with E-state index in [2.05, 4.69) is 5.32 Å². The molecule has 0 fully saturated rings. The average Bonchev–Trinajstić information content (AvgIpc) is 2.98. The summed E-state index contributed by atoms with van der Waals surface area (Å²) in [7, 11) is 0. The number of carboxylic acid groups (broad SMARTS) is 1. The van der Waals surface area contributed by atoms with Crippen molar-refractivity contribution in [3.8, 4) is 5.75 Å². The smallest absolute Gasteiger partial charge is 0.335 e. The fourth-order valence-corrected chi connectivity index (χ4v) is 3.41. The van der Waals surface area contributed by atoms with Crippen LogP contribution in [0.2, 0.25) is 0 Å². The molecule has 0 aliphatic carbocycles. The molecule has 2 aromatic carbocycles. The Morgan fingerprint density at radius 3 is 2.43 bits per heavy atom. The molecular weight excluding hydrogens is 356 g/mol. The normalized spacial score (nSPS) is 10.8. The van der Waals surface area contributed by atoms with Gasteiger partial charge in [0.05, 0.1) is 12.2 Å². The second kappa shape index (κ2) is 8.17. The number of fused-ring (bicyclic) bond motifs is 1. The third-order valence-corrected chi connectivity index (χ3v) is 4.78. The fourth-order valence-electron chi connectivity index (χ4n) is 3.41. The van der Waals surface area contributed by atoms with Crippen molar-refractivity contribution in [1.29, 1.82) is 0 Å². The number of carboxylic acids is 1. The molecule has 0 atom stereocenters. The lowest BCUT2D eigenvalue weighted by molar-refractivity contribution is 0.0696. The van der Waals surface area contributed by atoms with Crippen LogP contribution in [0.4, 0.5) is 0 Å². The highest BCUT2D eigenvalue weighted by Gasteiger charge is 2.20. The number of rotatable bonds is 7. The van der Waals surface area contributed by atoms with Crippen molar-refractivity contribution in [3.63, 3.8) is 0 Å². The summed E-state index contributed by atoms with van der Waals surface area (Å²) in [6, 6.07) is 12.4. The summed E-state index contributed by atoms with van der Waals surface area (Å²) < 4.78 is 7.60. The summed E-state index contributed by atoms with van der Waals surface area (Å²) >= 11 is 0. The summed E-state index contributed by atoms with van der Waals surface area (Å²) in [5.74, 6) is -0.335. The van der Waals surface area contributed by atoms with Crippen molar-refractivity contribution in [2.45, 2.75) is 33.9 Å². The molecule has 0 aliphatic heterocycles. The standard InChI is InChI=1S/C22H24N2O4/c1-4-24-19-11-10-17(28-5-2)12-18(19)14(3)20(24)21(25)23-13-15-6-8-16(9-7-15)22(26)27/h6-12H,4-5,13H2,1-3H3,(H,23,25)(H,26,27). The maximum atomic E-state index is 12.9. The Morgan fingerprint density at radius 1 is 1.11 bits per heavy atom. The third kappa shape index (κ3) is 3.71. The van der Waals surface area contributed by atoms with Gasteiger partial charge in [0.1, 0.15) is 11.4 Å². The number of hydrogen-bond acceptors (Lipinski definition) is 3. The Balaban J connectivity index is 1.86. The van der Waals surface area contributed by atoms with E-state index in [1.165, 1.54) is 12.1 Å². The zero-order chi connectivity index (χ0) is 20.3. The number of hydrogen-bond donors (Lipinski definition) is 2. The van der Waals surface area contributed by atoms with Crippen LogP contribution in [-0.2, 0) is 13.1 Å². The average molecular weight is 380 g/mol. The van der Waals surface area contributed by atoms with Gasteiger partial charge >= 0.3 is 5.97 Å². The van der Waals surface area contributed by atoms with Crippen LogP contribution in [0.1, 0.15) is 45.8 Å². The molecule has 0 saturated carbocycles. The lowest BCUT2D eigenvalue weighted by Crippen LogP contribution is -2.26. The van der Waals surface area contributed by atoms with Gasteiger partial charge in [0.25, 0.3) is 5.91 Å². The Kier molecular flexibility index (Phi) is 5.68. The number of aryl methyl sites for hydroxylation is 2. The Bertz CT molecular complexity index is 1020. The maximum absolute atomic E-state index is 12.9. The lowest BCUT2D eigenvalue weighted by atomic mass is 10.1. The molecule has 1 heterocycles. The maximum Gasteiger partial charge on any atom is 0.335 e. The Hall–Kier alpha value is -3.28. The van der Waals surface area contributed by atoms with Crippen LogP contribution in [0.15, 0.2) is 42.5 Å². The number of ether oxygens (including phenoxy) is 1. The Morgan fingerprint density at radius 2 is 1.82 bits per heavy atom. The van der Waals surface area contributed by atoms with Crippen molar-refractivity contribution in [3.05, 3.63) is 64.8 Å². The number of nitrogens with one attached hydrogen (secondary N) is 1. The lowest BCUT2D eigenvalue weighted by Gasteiger charge is -2.10. The van der Waals surface area contributed by atoms with Gasteiger partial charge in [0.15, 0.2) is 0 Å². The first-order valence-corrected chi connectivity index (χ1v) is 9.32. The van der Waals surface area contributed by atoms with Gasteiger partial charge in [-0.05, 0) is 62.2 Å². The topological polar surface area (TPSA) is 80.6 Å². The number of aromatic nitrogens is 1. The van der Waals surface area contributed by atoms with Crippen molar-refractivity contribution in [2.24, 2.45) is 0 Å². The second-order valence-corrected chi connectivity index (χ2v) is 6.51. The van der Waals surface area contributed by atoms with E-state index in [-0.39, 0.29) is 11.5 Å². The predicted molar refractivity (Wildman–Crippen MR) is 108 cm³/mol. The minimum atomic E-state index is -0.968. The number of carbonyl (C=O) groups is 2. The second-order valence-electron chi connectivity index (χ2n) is 6.51. The van der Waals surface area contributed by atoms with E-state index >= 15 is 0 Å². The van der Waals surface area contributed by atoms with E-state index < -0.39 is 5.97 Å². The van der Waals surface area contributed by atoms with Gasteiger partial charge in [-0.15, -0.1) is 0 Å². The summed E-state index contributed by atoms with van der Waals surface area (Å²) in [6.07, 6.45) is 0. The number of aromatic carboxylic acids is 1. The Labute approximate surface area is 163 Å². The monoisotopic (exact) mass is 380 g/mol. The molecule has 0 spiro atoms. The van der Waals surface area contributed by atoms with E-state index in [0.29, 0.717) is 25.4 Å². The zero-order valence-electron chi connectivity index (χ0n) is 16.3. The molecule has 3 aromatic rings. The van der Waals surface area contributed by atoms with Crippen molar-refractivity contribution in [2.75, 3.05) is 6.61 Å². The quantitative estimate of drug-likeness (QED) is 0.649. The predicted octanol–water partition coefficient (Wildman–Crippen LogP) is 4.00. The van der Waals surface area contributed by atoms with Crippen molar-refractivity contribution >= 4 is 22.8 Å². The molecule has 0 bridgehead atoms. The van der Waals surface area contributed by atoms with Gasteiger partial charge in [0.2, 0.25) is 0 Å². The van der Waals surface area contributed by atoms with Gasteiger partial charge in [-0.25, -0.2) is 4.79 Å². The molecule has 1 amide bonds. The minimum Gasteiger partial charge on any atom is -0.494 e. The van der Waals surface area contributed by atoms with Crippen molar-refractivity contribution in [1.82, 2.24) is 9.88 Å². The van der Waals surface area contributed by atoms with Gasteiger partial charge in [-0.2, -0.15) is 0 Å². The van der Waals surface area contributed by atoms with E-state index in [4.69, 9.17) is 9.84 Å². The number of amides is 1. The van der Waals surface area contributed by atoms with Crippen LogP contribution in [0.5, 0.6) is 5.75 Å². The van der Waals surface area contributed by atoms with E-state index in [0.717, 1.165) is 27.8 Å². The molecule has 0 radical (unpaired) electrons. The molecule has 0 unspecified atom stereocenters. The van der Waals surface area contributed by atoms with Crippen molar-refractivity contribution < 1.29 is 19.4 Å². The first kappa shape index (κ1) is 19.5. The van der Waals surface area contributed by atoms with Crippen LogP contribution >= 0.6 is 0 Å². The molecule has 6 nitrogen and oxygen atoms in total. The highest BCUT2D eigenvalue weighted by atomic mass is 16.5. The zero-order valence-corrected chi connectivity index (χ0v) is 16.3. The SMILES string of the molecule is CCOc1ccc2c(c1)c(C)c(C(=O)NCc1ccc(C(=O)O)cc1)n2CC. The van der Waals surface area contributed by atoms with E-state index in [9.17, 15) is 9.59 Å². The highest BCUT2D eigenvalue weighted by molar-refractivity contribution is 6.02. The molecule has 146 valence electrons. The fraction of sp³-hybridized carbons (Fsp3) is 0.273.